The first-order valence-electron chi connectivity index (χ1n) is 5.79. The van der Waals surface area contributed by atoms with Crippen LogP contribution in [0, 0.1) is 11.8 Å². The summed E-state index contributed by atoms with van der Waals surface area (Å²) in [6, 6.07) is 3.43. The van der Waals surface area contributed by atoms with Crippen LogP contribution in [0.15, 0.2) is 21.7 Å². The highest BCUT2D eigenvalue weighted by atomic mass is 32.2. The summed E-state index contributed by atoms with van der Waals surface area (Å²) in [5, 5.41) is 1.79. The number of thiophene rings is 1. The van der Waals surface area contributed by atoms with Gasteiger partial charge in [-0.25, -0.2) is 8.42 Å². The maximum absolute atomic E-state index is 12.3. The van der Waals surface area contributed by atoms with E-state index in [2.05, 4.69) is 6.92 Å². The van der Waals surface area contributed by atoms with Gasteiger partial charge in [-0.05, 0) is 36.2 Å². The molecule has 1 saturated heterocycles. The minimum absolute atomic E-state index is 0.276. The molecule has 96 valence electrons. The van der Waals surface area contributed by atoms with Crippen molar-refractivity contribution in [1.82, 2.24) is 4.31 Å². The molecule has 2 rings (SSSR count). The van der Waals surface area contributed by atoms with Crippen molar-refractivity contribution in [3.8, 4) is 0 Å². The van der Waals surface area contributed by atoms with E-state index in [1.165, 1.54) is 11.3 Å². The van der Waals surface area contributed by atoms with E-state index < -0.39 is 10.0 Å². The Hall–Kier alpha value is -0.430. The van der Waals surface area contributed by atoms with Crippen LogP contribution < -0.4 is 5.73 Å². The zero-order chi connectivity index (χ0) is 12.5. The predicted octanol–water partition coefficient (Wildman–Crippen LogP) is 1.35. The molecule has 6 heteroatoms. The van der Waals surface area contributed by atoms with Crippen LogP contribution in [-0.2, 0) is 10.0 Å². The van der Waals surface area contributed by atoms with Crippen molar-refractivity contribution in [3.05, 3.63) is 17.5 Å². The molecule has 1 aliphatic heterocycles. The molecule has 0 saturated carbocycles. The third kappa shape index (κ3) is 2.54. The molecular formula is C11H18N2O2S2. The molecule has 2 heterocycles. The van der Waals surface area contributed by atoms with E-state index in [0.717, 1.165) is 6.42 Å². The molecule has 0 aromatic carbocycles. The summed E-state index contributed by atoms with van der Waals surface area (Å²) in [7, 11) is -3.29. The van der Waals surface area contributed by atoms with Gasteiger partial charge in [-0.2, -0.15) is 4.31 Å². The van der Waals surface area contributed by atoms with Crippen LogP contribution in [-0.4, -0.2) is 32.4 Å². The van der Waals surface area contributed by atoms with Gasteiger partial charge in [-0.1, -0.05) is 13.0 Å². The number of nitrogens with two attached hydrogens (primary N) is 1. The Morgan fingerprint density at radius 2 is 2.35 bits per heavy atom. The lowest BCUT2D eigenvalue weighted by Gasteiger charge is -2.35. The zero-order valence-corrected chi connectivity index (χ0v) is 11.5. The molecule has 17 heavy (non-hydrogen) atoms. The Morgan fingerprint density at radius 3 is 2.94 bits per heavy atom. The smallest absolute Gasteiger partial charge is 0.252 e. The van der Waals surface area contributed by atoms with E-state index in [0.29, 0.717) is 29.8 Å². The van der Waals surface area contributed by atoms with Gasteiger partial charge < -0.3 is 5.73 Å². The molecule has 0 spiro atoms. The second-order valence-corrected chi connectivity index (χ2v) is 7.67. The van der Waals surface area contributed by atoms with Crippen LogP contribution >= 0.6 is 11.3 Å². The van der Waals surface area contributed by atoms with Crippen LogP contribution in [0.2, 0.25) is 0 Å². The lowest BCUT2D eigenvalue weighted by molar-refractivity contribution is 0.203. The highest BCUT2D eigenvalue weighted by molar-refractivity contribution is 7.91. The average Bonchev–Trinajstić information content (AvgIpc) is 2.83. The number of hydrogen-bond acceptors (Lipinski definition) is 4. The Bertz CT molecular complexity index is 456. The zero-order valence-electron chi connectivity index (χ0n) is 9.87. The minimum Gasteiger partial charge on any atom is -0.330 e. The molecular weight excluding hydrogens is 256 g/mol. The average molecular weight is 274 g/mol. The second kappa shape index (κ2) is 5.06. The van der Waals surface area contributed by atoms with Crippen molar-refractivity contribution in [2.24, 2.45) is 17.6 Å². The lowest BCUT2D eigenvalue weighted by atomic mass is 9.88. The van der Waals surface area contributed by atoms with Crippen LogP contribution in [0.3, 0.4) is 0 Å². The van der Waals surface area contributed by atoms with Crippen molar-refractivity contribution in [3.63, 3.8) is 0 Å². The molecule has 1 aromatic rings. The Labute approximate surface area is 106 Å². The van der Waals surface area contributed by atoms with Gasteiger partial charge in [0.15, 0.2) is 0 Å². The summed E-state index contributed by atoms with van der Waals surface area (Å²) in [6.07, 6.45) is 0.895. The molecule has 1 aliphatic rings. The van der Waals surface area contributed by atoms with E-state index >= 15 is 0 Å². The Morgan fingerprint density at radius 1 is 1.59 bits per heavy atom. The van der Waals surface area contributed by atoms with Crippen molar-refractivity contribution in [2.45, 2.75) is 17.6 Å². The van der Waals surface area contributed by atoms with Crippen molar-refractivity contribution in [1.29, 1.82) is 0 Å². The van der Waals surface area contributed by atoms with Gasteiger partial charge in [0.1, 0.15) is 4.21 Å². The SMILES string of the molecule is CC1CCN(S(=O)(=O)c2cccs2)CC1CN. The van der Waals surface area contributed by atoms with E-state index in [9.17, 15) is 8.42 Å². The van der Waals surface area contributed by atoms with E-state index in [-0.39, 0.29) is 5.92 Å². The van der Waals surface area contributed by atoms with Crippen molar-refractivity contribution < 1.29 is 8.42 Å². The van der Waals surface area contributed by atoms with Gasteiger partial charge in [-0.15, -0.1) is 11.3 Å². The normalized spacial score (nSPS) is 27.2. The summed E-state index contributed by atoms with van der Waals surface area (Å²) < 4.78 is 26.6. The summed E-state index contributed by atoms with van der Waals surface area (Å²) >= 11 is 1.27. The Kier molecular flexibility index (Phi) is 3.87. The molecule has 0 bridgehead atoms. The molecule has 1 aromatic heterocycles. The Balaban J connectivity index is 2.19. The number of sulfonamides is 1. The second-order valence-electron chi connectivity index (χ2n) is 4.56. The van der Waals surface area contributed by atoms with Gasteiger partial charge in [0.2, 0.25) is 0 Å². The van der Waals surface area contributed by atoms with Crippen LogP contribution in [0.4, 0.5) is 0 Å². The first kappa shape index (κ1) is 13.0. The molecule has 0 radical (unpaired) electrons. The van der Waals surface area contributed by atoms with E-state index in [4.69, 9.17) is 5.73 Å². The summed E-state index contributed by atoms with van der Waals surface area (Å²) in [5.41, 5.74) is 5.70. The summed E-state index contributed by atoms with van der Waals surface area (Å²) in [5.74, 6) is 0.785. The molecule has 2 unspecified atom stereocenters. The maximum Gasteiger partial charge on any atom is 0.252 e. The third-order valence-corrected chi connectivity index (χ3v) is 6.71. The van der Waals surface area contributed by atoms with Crippen LogP contribution in [0.25, 0.3) is 0 Å². The maximum atomic E-state index is 12.3. The van der Waals surface area contributed by atoms with Gasteiger partial charge in [0.05, 0.1) is 0 Å². The molecule has 1 fully saturated rings. The van der Waals surface area contributed by atoms with Gasteiger partial charge >= 0.3 is 0 Å². The van der Waals surface area contributed by atoms with Gasteiger partial charge in [-0.3, -0.25) is 0 Å². The van der Waals surface area contributed by atoms with Crippen LogP contribution in [0.5, 0.6) is 0 Å². The molecule has 0 amide bonds. The monoisotopic (exact) mass is 274 g/mol. The standard InChI is InChI=1S/C11H18N2O2S2/c1-9-4-5-13(8-10(9)7-12)17(14,15)11-3-2-6-16-11/h2-3,6,9-10H,4-5,7-8,12H2,1H3. The highest BCUT2D eigenvalue weighted by Gasteiger charge is 2.33. The fraction of sp³-hybridized carbons (Fsp3) is 0.636. The van der Waals surface area contributed by atoms with Crippen molar-refractivity contribution in [2.75, 3.05) is 19.6 Å². The highest BCUT2D eigenvalue weighted by Crippen LogP contribution is 2.28. The topological polar surface area (TPSA) is 63.4 Å². The van der Waals surface area contributed by atoms with E-state index in [1.807, 2.05) is 0 Å². The molecule has 0 aliphatic carbocycles. The van der Waals surface area contributed by atoms with Crippen LogP contribution in [0.1, 0.15) is 13.3 Å². The van der Waals surface area contributed by atoms with Gasteiger partial charge in [0, 0.05) is 13.1 Å². The number of piperidine rings is 1. The quantitative estimate of drug-likeness (QED) is 0.905. The number of rotatable bonds is 3. The fourth-order valence-electron chi connectivity index (χ4n) is 2.18. The first-order valence-corrected chi connectivity index (χ1v) is 8.11. The number of nitrogens with zero attached hydrogens (tertiary/aromatic N) is 1. The summed E-state index contributed by atoms with van der Waals surface area (Å²) in [6.45, 7) is 3.86. The molecule has 2 atom stereocenters. The molecule has 2 N–H and O–H groups in total. The lowest BCUT2D eigenvalue weighted by Crippen LogP contribution is -2.45. The minimum atomic E-state index is -3.29. The van der Waals surface area contributed by atoms with Gasteiger partial charge in [0.25, 0.3) is 10.0 Å². The largest absolute Gasteiger partial charge is 0.330 e. The van der Waals surface area contributed by atoms with E-state index in [1.54, 1.807) is 21.8 Å². The third-order valence-electron chi connectivity index (χ3n) is 3.47. The predicted molar refractivity (Wildman–Crippen MR) is 69.4 cm³/mol. The number of hydrogen-bond donors (Lipinski definition) is 1. The van der Waals surface area contributed by atoms with Crippen molar-refractivity contribution >= 4 is 21.4 Å². The fourth-order valence-corrected chi connectivity index (χ4v) is 4.83. The molecule has 4 nitrogen and oxygen atoms in total. The first-order chi connectivity index (χ1) is 8.05. The summed E-state index contributed by atoms with van der Waals surface area (Å²) in [4.78, 5) is 0.